The van der Waals surface area contributed by atoms with E-state index in [0.29, 0.717) is 33.7 Å². The number of rotatable bonds is 4. The number of carbonyl (C=O) groups excluding carboxylic acids is 1. The molecule has 3 aromatic heterocycles. The maximum absolute atomic E-state index is 14.0. The van der Waals surface area contributed by atoms with Crippen molar-refractivity contribution in [2.75, 3.05) is 0 Å². The number of aryl methyl sites for hydroxylation is 2. The van der Waals surface area contributed by atoms with E-state index >= 15 is 0 Å². The Hall–Kier alpha value is -5.03. The molecule has 0 spiro atoms. The summed E-state index contributed by atoms with van der Waals surface area (Å²) in [7, 11) is 1.83. The molecule has 0 aliphatic heterocycles. The molecule has 0 saturated carbocycles. The Balaban J connectivity index is 1.65. The molecule has 0 saturated heterocycles. The van der Waals surface area contributed by atoms with Crippen LogP contribution in [0, 0.1) is 18.8 Å². The van der Waals surface area contributed by atoms with Crippen LogP contribution in [0.5, 0.6) is 0 Å². The van der Waals surface area contributed by atoms with Crippen LogP contribution in [0.3, 0.4) is 0 Å². The van der Waals surface area contributed by atoms with E-state index in [9.17, 15) is 9.59 Å². The Morgan fingerprint density at radius 3 is 2.51 bits per heavy atom. The average molecular weight is 489 g/mol. The summed E-state index contributed by atoms with van der Waals surface area (Å²) in [5.74, 6) is 5.81. The fourth-order valence-electron chi connectivity index (χ4n) is 4.23. The van der Waals surface area contributed by atoms with Crippen molar-refractivity contribution in [3.05, 3.63) is 118 Å². The second-order valence-electron chi connectivity index (χ2n) is 8.63. The summed E-state index contributed by atoms with van der Waals surface area (Å²) in [6, 6.07) is 18.2. The maximum Gasteiger partial charge on any atom is 0.272 e. The SMILES string of the molecule is Cc1nccnc1C(=O)N[C@H](C)c1cc2cccc(C#Cc3ccn(C)n3)c2c(=O)n1-c1ccccc1. The highest BCUT2D eigenvalue weighted by molar-refractivity contribution is 5.93. The molecule has 8 nitrogen and oxygen atoms in total. The molecular weight excluding hydrogens is 464 g/mol. The van der Waals surface area contributed by atoms with E-state index in [1.807, 2.05) is 80.8 Å². The fourth-order valence-corrected chi connectivity index (χ4v) is 4.23. The van der Waals surface area contributed by atoms with Gasteiger partial charge in [-0.05, 0) is 55.5 Å². The summed E-state index contributed by atoms with van der Waals surface area (Å²) in [6.07, 6.45) is 4.84. The number of benzene rings is 2. The molecule has 0 unspecified atom stereocenters. The Bertz CT molecular complexity index is 1740. The molecule has 1 amide bonds. The Morgan fingerprint density at radius 2 is 1.78 bits per heavy atom. The van der Waals surface area contributed by atoms with Crippen molar-refractivity contribution < 1.29 is 4.79 Å². The lowest BCUT2D eigenvalue weighted by Gasteiger charge is -2.21. The number of para-hydroxylation sites is 1. The van der Waals surface area contributed by atoms with Gasteiger partial charge in [-0.25, -0.2) is 4.98 Å². The van der Waals surface area contributed by atoms with Crippen LogP contribution in [0.1, 0.15) is 46.1 Å². The molecule has 2 aromatic carbocycles. The van der Waals surface area contributed by atoms with E-state index in [2.05, 4.69) is 32.2 Å². The van der Waals surface area contributed by atoms with Crippen molar-refractivity contribution in [1.29, 1.82) is 0 Å². The summed E-state index contributed by atoms with van der Waals surface area (Å²) in [5, 5.41) is 8.51. The number of nitrogens with one attached hydrogen (secondary N) is 1. The summed E-state index contributed by atoms with van der Waals surface area (Å²) in [5.41, 5.74) is 3.10. The zero-order chi connectivity index (χ0) is 25.9. The van der Waals surface area contributed by atoms with Gasteiger partial charge in [0, 0.05) is 42.6 Å². The quantitative estimate of drug-likeness (QED) is 0.389. The summed E-state index contributed by atoms with van der Waals surface area (Å²) in [6.45, 7) is 3.57. The van der Waals surface area contributed by atoms with Crippen molar-refractivity contribution in [1.82, 2.24) is 29.6 Å². The summed E-state index contributed by atoms with van der Waals surface area (Å²) >= 11 is 0. The Labute approximate surface area is 213 Å². The van der Waals surface area contributed by atoms with Crippen molar-refractivity contribution in [2.45, 2.75) is 19.9 Å². The number of hydrogen-bond acceptors (Lipinski definition) is 5. The third-order valence-corrected chi connectivity index (χ3v) is 6.02. The second-order valence-corrected chi connectivity index (χ2v) is 8.63. The highest BCUT2D eigenvalue weighted by Crippen LogP contribution is 2.23. The lowest BCUT2D eigenvalue weighted by atomic mass is 10.0. The first-order valence-electron chi connectivity index (χ1n) is 11.8. The minimum Gasteiger partial charge on any atom is -0.343 e. The van der Waals surface area contributed by atoms with Crippen LogP contribution in [0.4, 0.5) is 0 Å². The summed E-state index contributed by atoms with van der Waals surface area (Å²) < 4.78 is 3.31. The van der Waals surface area contributed by atoms with E-state index in [-0.39, 0.29) is 17.2 Å². The molecular formula is C29H24N6O2. The number of carbonyl (C=O) groups is 1. The van der Waals surface area contributed by atoms with Crippen molar-refractivity contribution in [2.24, 2.45) is 7.05 Å². The zero-order valence-electron chi connectivity index (χ0n) is 20.6. The number of aromatic nitrogens is 5. The minimum absolute atomic E-state index is 0.221. The maximum atomic E-state index is 14.0. The van der Waals surface area contributed by atoms with Gasteiger partial charge in [0.25, 0.3) is 11.5 Å². The van der Waals surface area contributed by atoms with Gasteiger partial charge in [-0.3, -0.25) is 23.8 Å². The van der Waals surface area contributed by atoms with Crippen molar-refractivity contribution >= 4 is 16.7 Å². The molecule has 182 valence electrons. The highest BCUT2D eigenvalue weighted by Gasteiger charge is 2.21. The van der Waals surface area contributed by atoms with Crippen LogP contribution in [0.15, 0.2) is 84.0 Å². The zero-order valence-corrected chi connectivity index (χ0v) is 20.6. The first-order valence-corrected chi connectivity index (χ1v) is 11.8. The molecule has 1 atom stereocenters. The predicted octanol–water partition coefficient (Wildman–Crippen LogP) is 3.71. The van der Waals surface area contributed by atoms with E-state index in [1.165, 1.54) is 6.20 Å². The second kappa shape index (κ2) is 9.91. The van der Waals surface area contributed by atoms with Crippen LogP contribution in [-0.4, -0.2) is 30.2 Å². The number of pyridine rings is 1. The molecule has 0 aliphatic rings. The Kier molecular flexibility index (Phi) is 6.35. The van der Waals surface area contributed by atoms with E-state index in [4.69, 9.17) is 0 Å². The van der Waals surface area contributed by atoms with Gasteiger partial charge in [0.2, 0.25) is 0 Å². The lowest BCUT2D eigenvalue weighted by Crippen LogP contribution is -2.33. The van der Waals surface area contributed by atoms with Crippen LogP contribution in [-0.2, 0) is 7.05 Å². The Morgan fingerprint density at radius 1 is 1.00 bits per heavy atom. The molecule has 37 heavy (non-hydrogen) atoms. The largest absolute Gasteiger partial charge is 0.343 e. The standard InChI is InChI=1S/C29H24N6O2/c1-19(32-28(36)27-20(2)30-15-16-31-27)25-18-22-9-7-8-21(12-13-23-14-17-34(3)33-23)26(22)29(37)35(25)24-10-5-4-6-11-24/h4-11,14-19H,1-3H3,(H,32,36)/t19-/m1/s1. The number of fused-ring (bicyclic) bond motifs is 1. The van der Waals surface area contributed by atoms with Crippen LogP contribution in [0.25, 0.3) is 16.5 Å². The molecule has 0 radical (unpaired) electrons. The third kappa shape index (κ3) is 4.75. The highest BCUT2D eigenvalue weighted by atomic mass is 16.2. The molecule has 3 heterocycles. The van der Waals surface area contributed by atoms with Gasteiger partial charge in [-0.1, -0.05) is 36.3 Å². The molecule has 0 bridgehead atoms. The first-order chi connectivity index (χ1) is 17.9. The van der Waals surface area contributed by atoms with Crippen LogP contribution >= 0.6 is 0 Å². The molecule has 1 N–H and O–H groups in total. The molecule has 8 heteroatoms. The lowest BCUT2D eigenvalue weighted by molar-refractivity contribution is 0.0932. The van der Waals surface area contributed by atoms with Crippen molar-refractivity contribution in [3.8, 4) is 17.5 Å². The van der Waals surface area contributed by atoms with E-state index < -0.39 is 6.04 Å². The topological polar surface area (TPSA) is 94.7 Å². The van der Waals surface area contributed by atoms with Gasteiger partial charge in [0.15, 0.2) is 0 Å². The van der Waals surface area contributed by atoms with Gasteiger partial charge in [-0.2, -0.15) is 5.10 Å². The normalized spacial score (nSPS) is 11.5. The molecule has 5 aromatic rings. The van der Waals surface area contributed by atoms with Gasteiger partial charge in [-0.15, -0.1) is 0 Å². The number of nitrogens with zero attached hydrogens (tertiary/aromatic N) is 5. The molecule has 5 rings (SSSR count). The van der Waals surface area contributed by atoms with Crippen LogP contribution in [0.2, 0.25) is 0 Å². The van der Waals surface area contributed by atoms with E-state index in [0.717, 1.165) is 5.39 Å². The predicted molar refractivity (Wildman–Crippen MR) is 141 cm³/mol. The monoisotopic (exact) mass is 488 g/mol. The third-order valence-electron chi connectivity index (χ3n) is 6.02. The van der Waals surface area contributed by atoms with Gasteiger partial charge in [0.1, 0.15) is 11.4 Å². The van der Waals surface area contributed by atoms with Gasteiger partial charge < -0.3 is 5.32 Å². The van der Waals surface area contributed by atoms with Gasteiger partial charge in [0.05, 0.1) is 17.1 Å². The average Bonchev–Trinajstić information content (AvgIpc) is 3.32. The van der Waals surface area contributed by atoms with Gasteiger partial charge >= 0.3 is 0 Å². The fraction of sp³-hybridized carbons (Fsp3) is 0.138. The van der Waals surface area contributed by atoms with E-state index in [1.54, 1.807) is 22.4 Å². The number of amides is 1. The van der Waals surface area contributed by atoms with Crippen molar-refractivity contribution in [3.63, 3.8) is 0 Å². The minimum atomic E-state index is -0.505. The first kappa shape index (κ1) is 23.7. The molecule has 0 aliphatic carbocycles. The smallest absolute Gasteiger partial charge is 0.272 e. The molecule has 0 fully saturated rings. The summed E-state index contributed by atoms with van der Waals surface area (Å²) in [4.78, 5) is 35.4. The van der Waals surface area contributed by atoms with Crippen LogP contribution < -0.4 is 10.9 Å². The number of hydrogen-bond donors (Lipinski definition) is 1.